The fourth-order valence-electron chi connectivity index (χ4n) is 5.12. The molecule has 4 aliphatic rings. The molecule has 2 fully saturated rings. The molecule has 5 rings (SSSR count). The Labute approximate surface area is 185 Å². The van der Waals surface area contributed by atoms with Gasteiger partial charge in [0, 0.05) is 17.6 Å². The van der Waals surface area contributed by atoms with Crippen LogP contribution in [0.1, 0.15) is 30.1 Å². The predicted octanol–water partition coefficient (Wildman–Crippen LogP) is -2.04. The van der Waals surface area contributed by atoms with Crippen LogP contribution in [0.3, 0.4) is 0 Å². The summed E-state index contributed by atoms with van der Waals surface area (Å²) in [6.45, 7) is -0.688. The van der Waals surface area contributed by atoms with Crippen molar-refractivity contribution in [2.75, 3.05) is 6.61 Å². The van der Waals surface area contributed by atoms with Crippen molar-refractivity contribution in [1.82, 2.24) is 0 Å². The van der Waals surface area contributed by atoms with Crippen LogP contribution < -0.4 is 4.74 Å². The molecule has 0 amide bonds. The minimum atomic E-state index is -2.42. The molecule has 0 radical (unpaired) electrons. The van der Waals surface area contributed by atoms with E-state index in [9.17, 15) is 45.3 Å². The number of hydrogen-bond donors (Lipinski definition) is 7. The van der Waals surface area contributed by atoms with Crippen molar-refractivity contribution in [3.63, 3.8) is 0 Å². The van der Waals surface area contributed by atoms with Gasteiger partial charge in [0.15, 0.2) is 6.10 Å². The van der Waals surface area contributed by atoms with Gasteiger partial charge in [-0.3, -0.25) is 4.79 Å². The molecule has 12 heteroatoms. The Morgan fingerprint density at radius 1 is 1.15 bits per heavy atom. The third-order valence-electron chi connectivity index (χ3n) is 6.74. The second-order valence-electron chi connectivity index (χ2n) is 8.75. The lowest BCUT2D eigenvalue weighted by molar-refractivity contribution is -0.263. The van der Waals surface area contributed by atoms with Gasteiger partial charge in [-0.05, 0) is 18.2 Å². The van der Waals surface area contributed by atoms with E-state index in [1.165, 1.54) is 12.1 Å². The number of ketones is 1. The Bertz CT molecular complexity index is 1070. The van der Waals surface area contributed by atoms with Crippen molar-refractivity contribution in [3.05, 3.63) is 29.3 Å². The van der Waals surface area contributed by atoms with Gasteiger partial charge in [0.25, 0.3) is 0 Å². The van der Waals surface area contributed by atoms with E-state index in [0.29, 0.717) is 5.56 Å². The van der Waals surface area contributed by atoms with Crippen molar-refractivity contribution in [2.45, 2.75) is 60.9 Å². The molecule has 0 aromatic heterocycles. The minimum Gasteiger partial charge on any atom is -0.507 e. The molecule has 3 heterocycles. The van der Waals surface area contributed by atoms with Crippen LogP contribution in [0.5, 0.6) is 11.5 Å². The van der Waals surface area contributed by atoms with Gasteiger partial charge in [-0.25, -0.2) is 4.79 Å². The standard InChI is InChI=1S/C21H22O12/c22-5-11-14(25)15(26)16(27)18(31-11)13-9(23)2-1-7-8-3-12(24)21(30)6-20(8,33-17(7)13)4-10(32-21)19(28)29/h1-3,10-11,14-16,18,22-23,25-27,30H,4-6H2,(H,28,29). The molecule has 2 bridgehead atoms. The molecule has 0 saturated carbocycles. The van der Waals surface area contributed by atoms with E-state index in [4.69, 9.17) is 14.2 Å². The number of rotatable bonds is 3. The van der Waals surface area contributed by atoms with Crippen LogP contribution in [0.4, 0.5) is 0 Å². The van der Waals surface area contributed by atoms with Crippen LogP contribution in [-0.4, -0.2) is 96.0 Å². The second kappa shape index (κ2) is 7.21. The smallest absolute Gasteiger partial charge is 0.333 e. The summed E-state index contributed by atoms with van der Waals surface area (Å²) in [5.41, 5.74) is -1.04. The number of carbonyl (C=O) groups is 2. The summed E-state index contributed by atoms with van der Waals surface area (Å²) >= 11 is 0. The number of fused-ring (bicyclic) bond motifs is 3. The first kappa shape index (κ1) is 22.2. The monoisotopic (exact) mass is 466 g/mol. The lowest BCUT2D eigenvalue weighted by atomic mass is 9.72. The van der Waals surface area contributed by atoms with Crippen LogP contribution in [0, 0.1) is 0 Å². The summed E-state index contributed by atoms with van der Waals surface area (Å²) in [5, 5.41) is 71.1. The van der Waals surface area contributed by atoms with E-state index in [2.05, 4.69) is 0 Å². The van der Waals surface area contributed by atoms with E-state index in [-0.39, 0.29) is 23.3 Å². The molecule has 33 heavy (non-hydrogen) atoms. The van der Waals surface area contributed by atoms with Gasteiger partial charge in [-0.15, -0.1) is 0 Å². The number of ether oxygens (including phenoxy) is 3. The van der Waals surface area contributed by atoms with Crippen LogP contribution in [-0.2, 0) is 19.1 Å². The third kappa shape index (κ3) is 3.03. The second-order valence-corrected chi connectivity index (χ2v) is 8.75. The van der Waals surface area contributed by atoms with Crippen molar-refractivity contribution in [1.29, 1.82) is 0 Å². The number of phenols is 1. The maximum atomic E-state index is 12.6. The predicted molar refractivity (Wildman–Crippen MR) is 104 cm³/mol. The minimum absolute atomic E-state index is 0.0475. The molecule has 7 N–H and O–H groups in total. The van der Waals surface area contributed by atoms with Gasteiger partial charge in [0.2, 0.25) is 11.6 Å². The maximum Gasteiger partial charge on any atom is 0.333 e. The SMILES string of the molecule is O=C(O)C1CC23CC(O)(O1)C(=O)C=C2c1ccc(O)c(C2OC(CO)C(O)C(O)C2O)c1O3. The number of carboxylic acids is 1. The zero-order chi connectivity index (χ0) is 23.9. The number of benzene rings is 1. The van der Waals surface area contributed by atoms with Gasteiger partial charge in [-0.2, -0.15) is 0 Å². The Morgan fingerprint density at radius 2 is 1.88 bits per heavy atom. The lowest BCUT2D eigenvalue weighted by Crippen LogP contribution is -2.61. The number of hydrogen-bond acceptors (Lipinski definition) is 11. The zero-order valence-corrected chi connectivity index (χ0v) is 17.0. The number of phenolic OH excluding ortho intramolecular Hbond substituents is 1. The first-order chi connectivity index (χ1) is 15.5. The summed E-state index contributed by atoms with van der Waals surface area (Å²) in [6, 6.07) is 2.68. The fourth-order valence-corrected chi connectivity index (χ4v) is 5.12. The Balaban J connectivity index is 1.64. The summed E-state index contributed by atoms with van der Waals surface area (Å²) < 4.78 is 16.8. The molecule has 1 aromatic rings. The normalized spacial score (nSPS) is 41.6. The molecule has 1 aliphatic carbocycles. The van der Waals surface area contributed by atoms with Crippen LogP contribution in [0.2, 0.25) is 0 Å². The third-order valence-corrected chi connectivity index (χ3v) is 6.74. The average Bonchev–Trinajstić information content (AvgIpc) is 3.04. The molecule has 1 aromatic carbocycles. The van der Waals surface area contributed by atoms with E-state index in [1.807, 2.05) is 0 Å². The molecule has 1 spiro atoms. The number of carbonyl (C=O) groups excluding carboxylic acids is 1. The van der Waals surface area contributed by atoms with Gasteiger partial charge in [0.1, 0.15) is 47.6 Å². The largest absolute Gasteiger partial charge is 0.507 e. The molecular formula is C21H22O12. The molecule has 8 atom stereocenters. The highest BCUT2D eigenvalue weighted by Gasteiger charge is 2.63. The quantitative estimate of drug-likeness (QED) is 0.257. The molecule has 8 unspecified atom stereocenters. The highest BCUT2D eigenvalue weighted by atomic mass is 16.7. The van der Waals surface area contributed by atoms with E-state index in [0.717, 1.165) is 6.08 Å². The summed E-state index contributed by atoms with van der Waals surface area (Å²) in [6.07, 6.45) is -8.89. The zero-order valence-electron chi connectivity index (χ0n) is 17.0. The first-order valence-electron chi connectivity index (χ1n) is 10.3. The Morgan fingerprint density at radius 3 is 2.55 bits per heavy atom. The molecule has 178 valence electrons. The molecule has 3 aliphatic heterocycles. The van der Waals surface area contributed by atoms with Crippen LogP contribution >= 0.6 is 0 Å². The summed E-state index contributed by atoms with van der Waals surface area (Å²) in [4.78, 5) is 24.3. The van der Waals surface area contributed by atoms with Gasteiger partial charge >= 0.3 is 5.97 Å². The van der Waals surface area contributed by atoms with Gasteiger partial charge in [0.05, 0.1) is 18.6 Å². The Kier molecular flexibility index (Phi) is 4.85. The van der Waals surface area contributed by atoms with Crippen molar-refractivity contribution in [3.8, 4) is 11.5 Å². The number of aliphatic hydroxyl groups is 5. The summed E-state index contributed by atoms with van der Waals surface area (Å²) in [5.74, 6) is -5.14. The average molecular weight is 466 g/mol. The lowest BCUT2D eigenvalue weighted by Gasteiger charge is -2.47. The fraction of sp³-hybridized carbons (Fsp3) is 0.524. The summed E-state index contributed by atoms with van der Waals surface area (Å²) in [7, 11) is 0. The van der Waals surface area contributed by atoms with Gasteiger partial charge < -0.3 is 50.0 Å². The van der Waals surface area contributed by atoms with Gasteiger partial charge in [-0.1, -0.05) is 0 Å². The number of carboxylic acid groups (broad SMARTS) is 1. The van der Waals surface area contributed by atoms with Crippen molar-refractivity contribution < 1.29 is 59.5 Å². The number of aromatic hydroxyl groups is 1. The van der Waals surface area contributed by atoms with Crippen LogP contribution in [0.25, 0.3) is 5.57 Å². The maximum absolute atomic E-state index is 12.6. The molecule has 2 saturated heterocycles. The topological polar surface area (TPSA) is 203 Å². The highest BCUT2D eigenvalue weighted by Crippen LogP contribution is 2.58. The Hall–Kier alpha value is -2.58. The van der Waals surface area contributed by atoms with Crippen LogP contribution in [0.15, 0.2) is 18.2 Å². The van der Waals surface area contributed by atoms with Crippen molar-refractivity contribution >= 4 is 17.3 Å². The van der Waals surface area contributed by atoms with E-state index >= 15 is 0 Å². The molecule has 12 nitrogen and oxygen atoms in total. The van der Waals surface area contributed by atoms with E-state index in [1.54, 1.807) is 0 Å². The van der Waals surface area contributed by atoms with Crippen molar-refractivity contribution in [2.24, 2.45) is 0 Å². The number of aliphatic hydroxyl groups excluding tert-OH is 4. The van der Waals surface area contributed by atoms with E-state index < -0.39 is 78.5 Å². The highest BCUT2D eigenvalue weighted by molar-refractivity contribution is 6.07. The first-order valence-corrected chi connectivity index (χ1v) is 10.3. The number of aliphatic carboxylic acids is 1. The molecular weight excluding hydrogens is 444 g/mol.